The Bertz CT molecular complexity index is 596. The summed E-state index contributed by atoms with van der Waals surface area (Å²) in [5.74, 6) is -0.0216. The van der Waals surface area contributed by atoms with Crippen LogP contribution in [0.25, 0.3) is 0 Å². The molecule has 2 nitrogen and oxygen atoms in total. The number of anilines is 1. The number of carbonyl (C=O) groups excluding carboxylic acids is 1. The fourth-order valence-corrected chi connectivity index (χ4v) is 2.52. The lowest BCUT2D eigenvalue weighted by molar-refractivity contribution is -0.115. The van der Waals surface area contributed by atoms with E-state index >= 15 is 0 Å². The van der Waals surface area contributed by atoms with Crippen LogP contribution in [0.3, 0.4) is 0 Å². The number of hydrogen-bond acceptors (Lipinski definition) is 1. The fraction of sp³-hybridized carbons (Fsp3) is 0.133. The third kappa shape index (κ3) is 4.21. The Morgan fingerprint density at radius 2 is 1.89 bits per heavy atom. The van der Waals surface area contributed by atoms with Crippen LogP contribution in [0, 0.1) is 10.5 Å². The Morgan fingerprint density at radius 1 is 1.21 bits per heavy atom. The van der Waals surface area contributed by atoms with E-state index in [4.69, 9.17) is 11.6 Å². The lowest BCUT2D eigenvalue weighted by Gasteiger charge is -2.09. The molecule has 0 aliphatic carbocycles. The molecular weight excluding hydrogens is 373 g/mol. The first-order valence-electron chi connectivity index (χ1n) is 5.85. The van der Waals surface area contributed by atoms with Gasteiger partial charge in [-0.05, 0) is 71.0 Å². The Kier molecular flexibility index (Phi) is 4.82. The highest BCUT2D eigenvalue weighted by Gasteiger charge is 2.06. The molecule has 0 aliphatic heterocycles. The number of benzene rings is 2. The maximum atomic E-state index is 12.0. The molecule has 1 amide bonds. The van der Waals surface area contributed by atoms with Gasteiger partial charge in [-0.3, -0.25) is 4.79 Å². The molecular formula is C15H13ClINO. The quantitative estimate of drug-likeness (QED) is 0.778. The van der Waals surface area contributed by atoms with Gasteiger partial charge >= 0.3 is 0 Å². The van der Waals surface area contributed by atoms with E-state index in [1.54, 1.807) is 12.1 Å². The average molecular weight is 386 g/mol. The summed E-state index contributed by atoms with van der Waals surface area (Å²) >= 11 is 8.06. The Morgan fingerprint density at radius 3 is 2.53 bits per heavy atom. The third-order valence-corrected chi connectivity index (χ3v) is 3.66. The summed E-state index contributed by atoms with van der Waals surface area (Å²) < 4.78 is 1.16. The Labute approximate surface area is 131 Å². The van der Waals surface area contributed by atoms with Crippen molar-refractivity contribution in [1.29, 1.82) is 0 Å². The summed E-state index contributed by atoms with van der Waals surface area (Å²) in [6, 6.07) is 13.3. The molecule has 0 saturated carbocycles. The van der Waals surface area contributed by atoms with Crippen molar-refractivity contribution in [2.75, 3.05) is 5.32 Å². The molecule has 0 aliphatic rings. The zero-order chi connectivity index (χ0) is 13.8. The van der Waals surface area contributed by atoms with E-state index in [1.165, 1.54) is 0 Å². The normalized spacial score (nSPS) is 10.3. The van der Waals surface area contributed by atoms with Gasteiger partial charge in [0.25, 0.3) is 0 Å². The van der Waals surface area contributed by atoms with E-state index in [-0.39, 0.29) is 5.91 Å². The van der Waals surface area contributed by atoms with E-state index in [2.05, 4.69) is 27.9 Å². The molecule has 19 heavy (non-hydrogen) atoms. The Balaban J connectivity index is 2.03. The van der Waals surface area contributed by atoms with E-state index in [9.17, 15) is 4.79 Å². The van der Waals surface area contributed by atoms with Crippen LogP contribution in [0.2, 0.25) is 5.02 Å². The molecule has 2 rings (SSSR count). The number of hydrogen-bond donors (Lipinski definition) is 1. The van der Waals surface area contributed by atoms with E-state index < -0.39 is 0 Å². The minimum absolute atomic E-state index is 0.0216. The maximum Gasteiger partial charge on any atom is 0.228 e. The van der Waals surface area contributed by atoms with E-state index in [1.807, 2.05) is 37.3 Å². The minimum atomic E-state index is -0.0216. The molecule has 0 bridgehead atoms. The molecule has 4 heteroatoms. The summed E-state index contributed by atoms with van der Waals surface area (Å²) in [7, 11) is 0. The van der Waals surface area contributed by atoms with Crippen molar-refractivity contribution >= 4 is 45.8 Å². The van der Waals surface area contributed by atoms with Crippen molar-refractivity contribution in [2.45, 2.75) is 13.3 Å². The van der Waals surface area contributed by atoms with Crippen LogP contribution in [-0.4, -0.2) is 5.91 Å². The second-order valence-corrected chi connectivity index (χ2v) is 5.99. The number of rotatable bonds is 3. The molecule has 0 unspecified atom stereocenters. The highest BCUT2D eigenvalue weighted by atomic mass is 127. The van der Waals surface area contributed by atoms with Gasteiger partial charge in [-0.15, -0.1) is 0 Å². The van der Waals surface area contributed by atoms with Gasteiger partial charge in [0, 0.05) is 14.3 Å². The van der Waals surface area contributed by atoms with Gasteiger partial charge in [0.05, 0.1) is 6.42 Å². The van der Waals surface area contributed by atoms with Crippen LogP contribution in [0.15, 0.2) is 42.5 Å². The van der Waals surface area contributed by atoms with E-state index in [0.717, 1.165) is 20.4 Å². The van der Waals surface area contributed by atoms with Gasteiger partial charge in [0.1, 0.15) is 0 Å². The van der Waals surface area contributed by atoms with Crippen molar-refractivity contribution in [1.82, 2.24) is 0 Å². The molecule has 0 fully saturated rings. The van der Waals surface area contributed by atoms with Gasteiger partial charge < -0.3 is 5.32 Å². The van der Waals surface area contributed by atoms with Gasteiger partial charge in [0.15, 0.2) is 0 Å². The molecule has 0 aromatic heterocycles. The second-order valence-electron chi connectivity index (χ2n) is 4.31. The van der Waals surface area contributed by atoms with Crippen molar-refractivity contribution in [3.05, 3.63) is 62.2 Å². The zero-order valence-corrected chi connectivity index (χ0v) is 13.3. The average Bonchev–Trinajstić information content (AvgIpc) is 2.36. The SMILES string of the molecule is Cc1cc(I)ccc1NC(=O)Cc1ccc(Cl)cc1. The third-order valence-electron chi connectivity index (χ3n) is 2.74. The molecule has 0 atom stereocenters. The van der Waals surface area contributed by atoms with Crippen molar-refractivity contribution in [3.8, 4) is 0 Å². The lowest BCUT2D eigenvalue weighted by Crippen LogP contribution is -2.15. The molecule has 0 radical (unpaired) electrons. The highest BCUT2D eigenvalue weighted by molar-refractivity contribution is 14.1. The molecule has 2 aromatic rings. The number of amides is 1. The van der Waals surface area contributed by atoms with Crippen molar-refractivity contribution in [2.24, 2.45) is 0 Å². The van der Waals surface area contributed by atoms with Crippen molar-refractivity contribution in [3.63, 3.8) is 0 Å². The topological polar surface area (TPSA) is 29.1 Å². The number of halogens is 2. The Hall–Kier alpha value is -1.07. The number of carbonyl (C=O) groups is 1. The van der Waals surface area contributed by atoms with Crippen molar-refractivity contribution < 1.29 is 4.79 Å². The maximum absolute atomic E-state index is 12.0. The van der Waals surface area contributed by atoms with Crippen LogP contribution >= 0.6 is 34.2 Å². The standard InChI is InChI=1S/C15H13ClINO/c1-10-8-13(17)6-7-14(10)18-15(19)9-11-2-4-12(16)5-3-11/h2-8H,9H2,1H3,(H,18,19). The molecule has 2 aromatic carbocycles. The second kappa shape index (κ2) is 6.39. The smallest absolute Gasteiger partial charge is 0.228 e. The molecule has 0 saturated heterocycles. The van der Waals surface area contributed by atoms with Gasteiger partial charge in [-0.2, -0.15) is 0 Å². The highest BCUT2D eigenvalue weighted by Crippen LogP contribution is 2.18. The summed E-state index contributed by atoms with van der Waals surface area (Å²) in [4.78, 5) is 12.0. The molecule has 0 heterocycles. The van der Waals surface area contributed by atoms with Gasteiger partial charge in [-0.25, -0.2) is 0 Å². The first-order chi connectivity index (χ1) is 9.04. The molecule has 0 spiro atoms. The van der Waals surface area contributed by atoms with Crippen LogP contribution in [0.4, 0.5) is 5.69 Å². The monoisotopic (exact) mass is 385 g/mol. The fourth-order valence-electron chi connectivity index (χ4n) is 1.75. The largest absolute Gasteiger partial charge is 0.326 e. The predicted octanol–water partition coefficient (Wildman–Crippen LogP) is 4.43. The molecule has 98 valence electrons. The minimum Gasteiger partial charge on any atom is -0.326 e. The zero-order valence-electron chi connectivity index (χ0n) is 10.4. The van der Waals surface area contributed by atoms with E-state index in [0.29, 0.717) is 11.4 Å². The lowest BCUT2D eigenvalue weighted by atomic mass is 10.1. The summed E-state index contributed by atoms with van der Waals surface area (Å²) in [5, 5.41) is 3.60. The van der Waals surface area contributed by atoms with Gasteiger partial charge in [-0.1, -0.05) is 23.7 Å². The van der Waals surface area contributed by atoms with Crippen LogP contribution in [0.1, 0.15) is 11.1 Å². The van der Waals surface area contributed by atoms with Crippen LogP contribution in [0.5, 0.6) is 0 Å². The summed E-state index contributed by atoms with van der Waals surface area (Å²) in [5.41, 5.74) is 2.88. The predicted molar refractivity (Wildman–Crippen MR) is 87.7 cm³/mol. The first kappa shape index (κ1) is 14.3. The first-order valence-corrected chi connectivity index (χ1v) is 7.31. The number of aryl methyl sites for hydroxylation is 1. The number of nitrogens with one attached hydrogen (secondary N) is 1. The van der Waals surface area contributed by atoms with Crippen LogP contribution < -0.4 is 5.32 Å². The summed E-state index contributed by atoms with van der Waals surface area (Å²) in [6.07, 6.45) is 0.350. The van der Waals surface area contributed by atoms with Gasteiger partial charge in [0.2, 0.25) is 5.91 Å². The summed E-state index contributed by atoms with van der Waals surface area (Å²) in [6.45, 7) is 1.99. The molecule has 1 N–H and O–H groups in total. The van der Waals surface area contributed by atoms with Crippen LogP contribution in [-0.2, 0) is 11.2 Å².